The molecule has 1 heterocycles. The van der Waals surface area contributed by atoms with Crippen molar-refractivity contribution in [2.24, 2.45) is 0 Å². The smallest absolute Gasteiger partial charge is 0.244 e. The summed E-state index contributed by atoms with van der Waals surface area (Å²) in [6.07, 6.45) is 2.59. The van der Waals surface area contributed by atoms with E-state index in [1.807, 2.05) is 0 Å². The Kier molecular flexibility index (Phi) is 4.72. The van der Waals surface area contributed by atoms with Gasteiger partial charge in [-0.05, 0) is 32.0 Å². The lowest BCUT2D eigenvalue weighted by Gasteiger charge is -2.24. The molecular weight excluding hydrogens is 312 g/mol. The Balaban J connectivity index is 2.50. The number of benzene rings is 1. The summed E-state index contributed by atoms with van der Waals surface area (Å²) in [7, 11) is -5.64. The van der Waals surface area contributed by atoms with E-state index in [0.717, 1.165) is 19.1 Å². The molecule has 0 aromatic heterocycles. The van der Waals surface area contributed by atoms with Crippen molar-refractivity contribution >= 4 is 19.9 Å². The standard InChI is InChI=1S/C13H20N2O4S2/c1-14-10-11-6-5-9-15(11)21(18,19)13-8-4-3-7-12(13)20(2,16)17/h3-4,7-8,11,14H,5-6,9-10H2,1-2H3/t11-/m0/s1. The zero-order valence-electron chi connectivity index (χ0n) is 12.1. The predicted octanol–water partition coefficient (Wildman–Crippen LogP) is 0.463. The van der Waals surface area contributed by atoms with Crippen LogP contribution in [0, 0.1) is 0 Å². The maximum atomic E-state index is 12.8. The average molecular weight is 332 g/mol. The molecule has 0 radical (unpaired) electrons. The van der Waals surface area contributed by atoms with Gasteiger partial charge in [-0.3, -0.25) is 0 Å². The van der Waals surface area contributed by atoms with Crippen molar-refractivity contribution in [2.45, 2.75) is 28.7 Å². The van der Waals surface area contributed by atoms with Crippen molar-refractivity contribution in [1.29, 1.82) is 0 Å². The molecule has 1 saturated heterocycles. The highest BCUT2D eigenvalue weighted by atomic mass is 32.2. The SMILES string of the molecule is CNC[C@@H]1CCCN1S(=O)(=O)c1ccccc1S(C)(=O)=O. The van der Waals surface area contributed by atoms with Gasteiger partial charge in [-0.2, -0.15) is 4.31 Å². The summed E-state index contributed by atoms with van der Waals surface area (Å²) in [5.41, 5.74) is 0. The van der Waals surface area contributed by atoms with Gasteiger partial charge in [0.2, 0.25) is 10.0 Å². The molecule has 8 heteroatoms. The topological polar surface area (TPSA) is 83.6 Å². The average Bonchev–Trinajstić information content (AvgIpc) is 2.87. The molecule has 1 aliphatic heterocycles. The molecule has 0 aliphatic carbocycles. The molecular formula is C13H20N2O4S2. The number of hydrogen-bond donors (Lipinski definition) is 1. The summed E-state index contributed by atoms with van der Waals surface area (Å²) in [6.45, 7) is 0.979. The van der Waals surface area contributed by atoms with Crippen molar-refractivity contribution in [2.75, 3.05) is 26.4 Å². The Hall–Kier alpha value is -0.960. The minimum atomic E-state index is -3.81. The summed E-state index contributed by atoms with van der Waals surface area (Å²) in [6, 6.07) is 5.65. The van der Waals surface area contributed by atoms with E-state index in [1.165, 1.54) is 22.5 Å². The van der Waals surface area contributed by atoms with Crippen LogP contribution < -0.4 is 5.32 Å². The van der Waals surface area contributed by atoms with E-state index in [2.05, 4.69) is 5.32 Å². The van der Waals surface area contributed by atoms with E-state index >= 15 is 0 Å². The minimum absolute atomic E-state index is 0.129. The van der Waals surface area contributed by atoms with Crippen LogP contribution in [0.3, 0.4) is 0 Å². The lowest BCUT2D eigenvalue weighted by atomic mass is 10.2. The van der Waals surface area contributed by atoms with Gasteiger partial charge >= 0.3 is 0 Å². The van der Waals surface area contributed by atoms with Crippen molar-refractivity contribution in [3.8, 4) is 0 Å². The molecule has 118 valence electrons. The molecule has 2 rings (SSSR count). The van der Waals surface area contributed by atoms with Crippen LogP contribution in [-0.2, 0) is 19.9 Å². The van der Waals surface area contributed by atoms with E-state index in [4.69, 9.17) is 0 Å². The van der Waals surface area contributed by atoms with Crippen molar-refractivity contribution < 1.29 is 16.8 Å². The lowest BCUT2D eigenvalue weighted by molar-refractivity contribution is 0.378. The van der Waals surface area contributed by atoms with Crippen LogP contribution >= 0.6 is 0 Å². The Morgan fingerprint density at radius 2 is 1.81 bits per heavy atom. The second-order valence-corrected chi connectivity index (χ2v) is 9.03. The van der Waals surface area contributed by atoms with Crippen LogP contribution in [0.25, 0.3) is 0 Å². The molecule has 0 amide bonds. The highest BCUT2D eigenvalue weighted by molar-refractivity contribution is 7.93. The largest absolute Gasteiger partial charge is 0.318 e. The molecule has 0 saturated carbocycles. The molecule has 1 aliphatic rings. The number of nitrogens with one attached hydrogen (secondary N) is 1. The molecule has 1 aromatic carbocycles. The van der Waals surface area contributed by atoms with Gasteiger partial charge in [0, 0.05) is 25.4 Å². The summed E-state index contributed by atoms with van der Waals surface area (Å²) < 4.78 is 50.7. The van der Waals surface area contributed by atoms with E-state index in [9.17, 15) is 16.8 Å². The fraction of sp³-hybridized carbons (Fsp3) is 0.538. The Bertz CT molecular complexity index is 713. The molecule has 6 nitrogen and oxygen atoms in total. The number of likely N-dealkylation sites (N-methyl/N-ethyl adjacent to an activating group) is 1. The Morgan fingerprint density at radius 3 is 2.38 bits per heavy atom. The Labute approximate surface area is 126 Å². The first-order valence-electron chi connectivity index (χ1n) is 6.74. The monoisotopic (exact) mass is 332 g/mol. The van der Waals surface area contributed by atoms with Gasteiger partial charge in [-0.25, -0.2) is 16.8 Å². The maximum Gasteiger partial charge on any atom is 0.244 e. The summed E-state index contributed by atoms with van der Waals surface area (Å²) in [4.78, 5) is -0.268. The van der Waals surface area contributed by atoms with E-state index in [1.54, 1.807) is 13.1 Å². The lowest BCUT2D eigenvalue weighted by Crippen LogP contribution is -2.41. The van der Waals surface area contributed by atoms with E-state index < -0.39 is 19.9 Å². The quantitative estimate of drug-likeness (QED) is 0.847. The number of rotatable bonds is 5. The summed E-state index contributed by atoms with van der Waals surface area (Å²) in [5.74, 6) is 0. The van der Waals surface area contributed by atoms with Gasteiger partial charge in [0.05, 0.1) is 4.90 Å². The maximum absolute atomic E-state index is 12.8. The Morgan fingerprint density at radius 1 is 1.19 bits per heavy atom. The molecule has 0 unspecified atom stereocenters. The third-order valence-electron chi connectivity index (χ3n) is 3.60. The van der Waals surface area contributed by atoms with E-state index in [0.29, 0.717) is 13.1 Å². The van der Waals surface area contributed by atoms with Crippen LogP contribution in [0.5, 0.6) is 0 Å². The van der Waals surface area contributed by atoms with Crippen LogP contribution in [0.15, 0.2) is 34.1 Å². The number of sulfonamides is 1. The van der Waals surface area contributed by atoms with Gasteiger partial charge in [0.25, 0.3) is 0 Å². The fourth-order valence-electron chi connectivity index (χ4n) is 2.66. The van der Waals surface area contributed by atoms with Gasteiger partial charge < -0.3 is 5.32 Å². The van der Waals surface area contributed by atoms with Crippen LogP contribution in [0.4, 0.5) is 0 Å². The number of nitrogens with zero attached hydrogens (tertiary/aromatic N) is 1. The van der Waals surface area contributed by atoms with Gasteiger partial charge in [-0.1, -0.05) is 12.1 Å². The molecule has 1 N–H and O–H groups in total. The molecule has 0 spiro atoms. The summed E-state index contributed by atoms with van der Waals surface area (Å²) >= 11 is 0. The third-order valence-corrected chi connectivity index (χ3v) is 6.89. The van der Waals surface area contributed by atoms with Crippen LogP contribution in [-0.4, -0.2) is 53.6 Å². The highest BCUT2D eigenvalue weighted by Crippen LogP contribution is 2.29. The van der Waals surface area contributed by atoms with Crippen LogP contribution in [0.1, 0.15) is 12.8 Å². The summed E-state index contributed by atoms with van der Waals surface area (Å²) in [5, 5.41) is 2.98. The number of hydrogen-bond acceptors (Lipinski definition) is 5. The second-order valence-electron chi connectivity index (χ2n) is 5.19. The molecule has 1 fully saturated rings. The number of sulfone groups is 1. The van der Waals surface area contributed by atoms with Crippen LogP contribution in [0.2, 0.25) is 0 Å². The normalized spacial score (nSPS) is 20.8. The highest BCUT2D eigenvalue weighted by Gasteiger charge is 2.37. The molecule has 1 atom stereocenters. The van der Waals surface area contributed by atoms with Gasteiger partial charge in [0.15, 0.2) is 9.84 Å². The first kappa shape index (κ1) is 16.4. The molecule has 21 heavy (non-hydrogen) atoms. The van der Waals surface area contributed by atoms with Gasteiger partial charge in [-0.15, -0.1) is 0 Å². The fourth-order valence-corrected chi connectivity index (χ4v) is 5.96. The zero-order valence-corrected chi connectivity index (χ0v) is 13.7. The van der Waals surface area contributed by atoms with Crippen molar-refractivity contribution in [3.05, 3.63) is 24.3 Å². The first-order chi connectivity index (χ1) is 9.78. The van der Waals surface area contributed by atoms with Crippen molar-refractivity contribution in [1.82, 2.24) is 9.62 Å². The van der Waals surface area contributed by atoms with Crippen molar-refractivity contribution in [3.63, 3.8) is 0 Å². The molecule has 0 bridgehead atoms. The van der Waals surface area contributed by atoms with E-state index in [-0.39, 0.29) is 15.8 Å². The second kappa shape index (κ2) is 6.04. The minimum Gasteiger partial charge on any atom is -0.318 e. The van der Waals surface area contributed by atoms with Gasteiger partial charge in [0.1, 0.15) is 4.90 Å². The zero-order chi connectivity index (χ0) is 15.7. The first-order valence-corrected chi connectivity index (χ1v) is 10.1. The third kappa shape index (κ3) is 3.28. The predicted molar refractivity (Wildman–Crippen MR) is 80.4 cm³/mol. The molecule has 1 aromatic rings.